The summed E-state index contributed by atoms with van der Waals surface area (Å²) in [5.41, 5.74) is 10.8. The lowest BCUT2D eigenvalue weighted by molar-refractivity contribution is 1.18. The molecule has 1 aromatic heterocycles. The fraction of sp³-hybridized carbons (Fsp3) is 0. The van der Waals surface area contributed by atoms with Crippen LogP contribution >= 0.6 is 0 Å². The second-order valence-electron chi connectivity index (χ2n) is 13.2. The van der Waals surface area contributed by atoms with Crippen LogP contribution in [-0.2, 0) is 0 Å². The van der Waals surface area contributed by atoms with Gasteiger partial charge in [-0.3, -0.25) is 0 Å². The van der Waals surface area contributed by atoms with E-state index in [-0.39, 0.29) is 28.4 Å². The van der Waals surface area contributed by atoms with E-state index in [0.717, 1.165) is 66.8 Å². The lowest BCUT2D eigenvalue weighted by Crippen LogP contribution is -2.12. The Morgan fingerprint density at radius 2 is 0.981 bits per heavy atom. The van der Waals surface area contributed by atoms with Gasteiger partial charge in [-0.1, -0.05) is 170 Å². The van der Waals surface area contributed by atoms with Crippen molar-refractivity contribution in [1.82, 2.24) is 4.57 Å². The van der Waals surface area contributed by atoms with Crippen molar-refractivity contribution >= 4 is 49.6 Å². The average Bonchev–Trinajstić information content (AvgIpc) is 3.65. The van der Waals surface area contributed by atoms with Crippen molar-refractivity contribution in [3.8, 4) is 39.1 Å². The highest BCUT2D eigenvalue weighted by Gasteiger charge is 2.23. The van der Waals surface area contributed by atoms with E-state index in [1.807, 2.05) is 66.7 Å². The van der Waals surface area contributed by atoms with Crippen molar-refractivity contribution < 1.29 is 9.60 Å². The molecule has 2 nitrogen and oxygen atoms in total. The average molecular weight is 696 g/mol. The van der Waals surface area contributed by atoms with Gasteiger partial charge in [-0.2, -0.15) is 0 Å². The number of hydrogen-bond acceptors (Lipinski definition) is 1. The highest BCUT2D eigenvalue weighted by atomic mass is 15.1. The number of anilines is 3. The maximum Gasteiger partial charge on any atom is 0.0629 e. The molecular formula is C52H36N2. The molecule has 10 rings (SSSR count). The van der Waals surface area contributed by atoms with Crippen molar-refractivity contribution in [3.05, 3.63) is 218 Å². The third-order valence-corrected chi connectivity index (χ3v) is 10.1. The van der Waals surface area contributed by atoms with E-state index in [0.29, 0.717) is 5.56 Å². The summed E-state index contributed by atoms with van der Waals surface area (Å²) >= 11 is 0. The zero-order chi connectivity index (χ0) is 41.9. The van der Waals surface area contributed by atoms with Gasteiger partial charge in [-0.05, 0) is 81.6 Å². The van der Waals surface area contributed by atoms with Gasteiger partial charge in [0.05, 0.1) is 32.0 Å². The molecule has 0 amide bonds. The topological polar surface area (TPSA) is 8.17 Å². The molecule has 0 spiro atoms. The minimum atomic E-state index is -0.476. The van der Waals surface area contributed by atoms with Crippen molar-refractivity contribution in [1.29, 1.82) is 0 Å². The fourth-order valence-electron chi connectivity index (χ4n) is 7.74. The van der Waals surface area contributed by atoms with Crippen LogP contribution in [0.25, 0.3) is 71.6 Å². The van der Waals surface area contributed by atoms with E-state index in [1.165, 1.54) is 0 Å². The number of fused-ring (bicyclic) bond motifs is 4. The summed E-state index contributed by atoms with van der Waals surface area (Å²) in [6.45, 7) is 0. The fourth-order valence-corrected chi connectivity index (χ4v) is 7.74. The summed E-state index contributed by atoms with van der Waals surface area (Å²) in [4.78, 5) is 2.24. The van der Waals surface area contributed by atoms with Gasteiger partial charge in [0.2, 0.25) is 0 Å². The molecule has 254 valence electrons. The molecule has 0 N–H and O–H groups in total. The molecule has 0 bridgehead atoms. The summed E-state index contributed by atoms with van der Waals surface area (Å²) in [6.07, 6.45) is 0. The smallest absolute Gasteiger partial charge is 0.0629 e. The molecule has 0 aliphatic carbocycles. The van der Waals surface area contributed by atoms with Crippen LogP contribution in [0.5, 0.6) is 0 Å². The molecule has 0 radical (unpaired) electrons. The Kier molecular flexibility index (Phi) is 6.20. The van der Waals surface area contributed by atoms with Crippen molar-refractivity contribution in [2.45, 2.75) is 0 Å². The highest BCUT2D eigenvalue weighted by Crippen LogP contribution is 2.47. The Labute approximate surface area is 325 Å². The summed E-state index contributed by atoms with van der Waals surface area (Å²) in [5.74, 6) is 0. The van der Waals surface area contributed by atoms with Crippen LogP contribution in [-0.4, -0.2) is 4.57 Å². The van der Waals surface area contributed by atoms with Crippen LogP contribution in [0.1, 0.15) is 9.60 Å². The van der Waals surface area contributed by atoms with Gasteiger partial charge in [0.25, 0.3) is 0 Å². The molecule has 1 heterocycles. The standard InChI is InChI=1S/C52H36N2/c1-3-17-38(18-4-1)44-24-9-12-29-48(44)53(41-35-33-39(34-36-41)43-27-15-20-37-19-7-8-23-42(37)43)49-30-13-10-25-45(49)46-28-16-32-51-52(46)47-26-11-14-31-50(47)54(51)40-21-5-2-6-22-40/h1-36H/i7D,8D,15D,19D,20D,23D,27D. The Morgan fingerprint density at radius 1 is 0.389 bits per heavy atom. The van der Waals surface area contributed by atoms with E-state index in [2.05, 4.69) is 119 Å². The zero-order valence-corrected chi connectivity index (χ0v) is 29.1. The molecule has 0 aliphatic heterocycles. The van der Waals surface area contributed by atoms with Gasteiger partial charge < -0.3 is 9.47 Å². The van der Waals surface area contributed by atoms with Crippen LogP contribution in [0.3, 0.4) is 0 Å². The molecule has 0 saturated heterocycles. The second kappa shape index (κ2) is 13.4. The van der Waals surface area contributed by atoms with Crippen molar-refractivity contribution in [3.63, 3.8) is 0 Å². The lowest BCUT2D eigenvalue weighted by Gasteiger charge is -2.30. The Balaban J connectivity index is 1.23. The number of rotatable bonds is 7. The number of nitrogens with zero attached hydrogens (tertiary/aromatic N) is 2. The second-order valence-corrected chi connectivity index (χ2v) is 13.2. The summed E-state index contributed by atoms with van der Waals surface area (Å²) in [6, 6.07) is 57.2. The molecule has 10 aromatic rings. The maximum atomic E-state index is 9.01. The molecule has 0 atom stereocenters. The van der Waals surface area contributed by atoms with Gasteiger partial charge in [-0.25, -0.2) is 0 Å². The molecule has 0 saturated carbocycles. The molecule has 0 unspecified atom stereocenters. The quantitative estimate of drug-likeness (QED) is 0.161. The monoisotopic (exact) mass is 695 g/mol. The van der Waals surface area contributed by atoms with Crippen LogP contribution in [0, 0.1) is 0 Å². The molecule has 0 fully saturated rings. The van der Waals surface area contributed by atoms with Gasteiger partial charge in [0.1, 0.15) is 0 Å². The van der Waals surface area contributed by atoms with Gasteiger partial charge in [-0.15, -0.1) is 0 Å². The largest absolute Gasteiger partial charge is 0.309 e. The SMILES string of the molecule is [2H]c1c([2H])c([2H])c2c(-c3ccc(N(c4ccccc4-c4ccccc4)c4ccccc4-c4cccc5c4c4ccccc4n5-c4ccccc4)cc3)c([2H])c([2H])c([2H])c2c1[2H]. The predicted octanol–water partition coefficient (Wildman–Crippen LogP) is 14.4. The zero-order valence-electron chi connectivity index (χ0n) is 36.1. The minimum Gasteiger partial charge on any atom is -0.309 e. The Morgan fingerprint density at radius 3 is 1.80 bits per heavy atom. The number of hydrogen-bond donors (Lipinski definition) is 0. The van der Waals surface area contributed by atoms with Crippen molar-refractivity contribution in [2.24, 2.45) is 0 Å². The number of benzene rings is 9. The first-order chi connectivity index (χ1) is 29.7. The van der Waals surface area contributed by atoms with Crippen LogP contribution < -0.4 is 4.90 Å². The number of aromatic nitrogens is 1. The minimum absolute atomic E-state index is 0.0594. The first-order valence-electron chi connectivity index (χ1n) is 21.5. The Bertz CT molecular complexity index is 3320. The van der Waals surface area contributed by atoms with E-state index in [4.69, 9.17) is 9.60 Å². The number of para-hydroxylation sites is 4. The molecule has 0 aliphatic rings. The van der Waals surface area contributed by atoms with E-state index in [1.54, 1.807) is 0 Å². The van der Waals surface area contributed by atoms with Crippen LogP contribution in [0.2, 0.25) is 0 Å². The summed E-state index contributed by atoms with van der Waals surface area (Å²) < 4.78 is 62.9. The molecule has 9 aromatic carbocycles. The summed E-state index contributed by atoms with van der Waals surface area (Å²) in [7, 11) is 0. The molecule has 2 heteroatoms. The first-order valence-corrected chi connectivity index (χ1v) is 18.0. The maximum absolute atomic E-state index is 9.01. The van der Waals surface area contributed by atoms with Crippen LogP contribution in [0.15, 0.2) is 218 Å². The third kappa shape index (κ3) is 5.36. The normalized spacial score (nSPS) is 13.1. The van der Waals surface area contributed by atoms with Gasteiger partial charge >= 0.3 is 0 Å². The van der Waals surface area contributed by atoms with E-state index >= 15 is 0 Å². The molecule has 54 heavy (non-hydrogen) atoms. The highest BCUT2D eigenvalue weighted by molar-refractivity contribution is 6.17. The van der Waals surface area contributed by atoms with E-state index in [9.17, 15) is 0 Å². The first kappa shape index (κ1) is 24.9. The Hall–Kier alpha value is -7.16. The van der Waals surface area contributed by atoms with Gasteiger partial charge in [0, 0.05) is 33.3 Å². The third-order valence-electron chi connectivity index (χ3n) is 10.1. The predicted molar refractivity (Wildman–Crippen MR) is 229 cm³/mol. The van der Waals surface area contributed by atoms with Gasteiger partial charge in [0.15, 0.2) is 0 Å². The lowest BCUT2D eigenvalue weighted by atomic mass is 9.95. The van der Waals surface area contributed by atoms with Crippen LogP contribution in [0.4, 0.5) is 17.1 Å². The summed E-state index contributed by atoms with van der Waals surface area (Å²) in [5, 5.41) is 2.26. The molecular weight excluding hydrogens is 653 g/mol. The van der Waals surface area contributed by atoms with E-state index < -0.39 is 30.2 Å². The van der Waals surface area contributed by atoms with Crippen molar-refractivity contribution in [2.75, 3.05) is 4.90 Å².